The van der Waals surface area contributed by atoms with E-state index in [0.717, 1.165) is 10.8 Å². The molecule has 0 unspecified atom stereocenters. The average Bonchev–Trinajstić information content (AvgIpc) is 2.75. The Morgan fingerprint density at radius 3 is 2.33 bits per heavy atom. The lowest BCUT2D eigenvalue weighted by molar-refractivity contribution is 0.0698. The van der Waals surface area contributed by atoms with Gasteiger partial charge in [0.1, 0.15) is 11.5 Å². The molecule has 4 aromatic carbocycles. The van der Waals surface area contributed by atoms with Crippen LogP contribution in [0.1, 0.15) is 20.7 Å². The van der Waals surface area contributed by atoms with Crippen molar-refractivity contribution in [2.24, 2.45) is 0 Å². The van der Waals surface area contributed by atoms with E-state index in [1.165, 1.54) is 18.2 Å². The van der Waals surface area contributed by atoms with Crippen LogP contribution in [0.15, 0.2) is 84.9 Å². The predicted octanol–water partition coefficient (Wildman–Crippen LogP) is 5.16. The van der Waals surface area contributed by atoms with Crippen LogP contribution >= 0.6 is 0 Å². The second-order valence-corrected chi connectivity index (χ2v) is 6.67. The van der Waals surface area contributed by atoms with Gasteiger partial charge >= 0.3 is 5.97 Å². The van der Waals surface area contributed by atoms with Gasteiger partial charge in [-0.05, 0) is 53.2 Å². The van der Waals surface area contributed by atoms with Gasteiger partial charge in [-0.3, -0.25) is 4.79 Å². The Bertz CT molecular complexity index is 1270. The summed E-state index contributed by atoms with van der Waals surface area (Å²) < 4.78 is 5.89. The maximum absolute atomic E-state index is 12.6. The summed E-state index contributed by atoms with van der Waals surface area (Å²) >= 11 is 0. The molecule has 1 amide bonds. The topological polar surface area (TPSA) is 102 Å². The van der Waals surface area contributed by atoms with Crippen LogP contribution in [0.5, 0.6) is 11.5 Å². The number of para-hydroxylation sites is 1. The molecule has 6 heteroatoms. The summed E-state index contributed by atoms with van der Waals surface area (Å²) in [5.74, 6) is -0.530. The summed E-state index contributed by atoms with van der Waals surface area (Å²) in [5, 5.41) is 14.0. The summed E-state index contributed by atoms with van der Waals surface area (Å²) in [6, 6.07) is 24.5. The molecule has 4 N–H and O–H groups in total. The number of carboxylic acid groups (broad SMARTS) is 1. The molecule has 0 spiro atoms. The van der Waals surface area contributed by atoms with E-state index in [-0.39, 0.29) is 11.3 Å². The number of nitrogen functional groups attached to an aromatic ring is 1. The Labute approximate surface area is 172 Å². The maximum atomic E-state index is 12.6. The largest absolute Gasteiger partial charge is 0.478 e. The molecule has 0 aliphatic rings. The molecule has 0 atom stereocenters. The molecule has 148 valence electrons. The monoisotopic (exact) mass is 398 g/mol. The Balaban J connectivity index is 1.54. The van der Waals surface area contributed by atoms with E-state index in [2.05, 4.69) is 5.32 Å². The molecule has 0 aliphatic heterocycles. The first-order valence-electron chi connectivity index (χ1n) is 9.21. The molecular formula is C24H18N2O4. The number of benzene rings is 4. The highest BCUT2D eigenvalue weighted by molar-refractivity contribution is 6.08. The normalized spacial score (nSPS) is 10.5. The number of anilines is 2. The minimum atomic E-state index is -1.12. The smallest absolute Gasteiger partial charge is 0.337 e. The van der Waals surface area contributed by atoms with E-state index >= 15 is 0 Å². The van der Waals surface area contributed by atoms with E-state index in [4.69, 9.17) is 10.5 Å². The molecule has 0 radical (unpaired) electrons. The first kappa shape index (κ1) is 19.0. The zero-order chi connectivity index (χ0) is 21.1. The minimum absolute atomic E-state index is 0.00933. The third-order valence-corrected chi connectivity index (χ3v) is 4.63. The molecule has 30 heavy (non-hydrogen) atoms. The number of carboxylic acids is 1. The summed E-state index contributed by atoms with van der Waals surface area (Å²) in [4.78, 5) is 23.9. The molecule has 0 bridgehead atoms. The summed E-state index contributed by atoms with van der Waals surface area (Å²) in [6.45, 7) is 0. The summed E-state index contributed by atoms with van der Waals surface area (Å²) in [7, 11) is 0. The number of hydrogen-bond acceptors (Lipinski definition) is 4. The van der Waals surface area contributed by atoms with Gasteiger partial charge in [-0.15, -0.1) is 0 Å². The minimum Gasteiger partial charge on any atom is -0.478 e. The van der Waals surface area contributed by atoms with Crippen LogP contribution in [0.25, 0.3) is 10.8 Å². The number of amides is 1. The molecule has 0 aromatic heterocycles. The van der Waals surface area contributed by atoms with Crippen LogP contribution in [0.4, 0.5) is 11.4 Å². The molecule has 4 rings (SSSR count). The molecule has 0 aliphatic carbocycles. The van der Waals surface area contributed by atoms with Crippen molar-refractivity contribution in [1.29, 1.82) is 0 Å². The van der Waals surface area contributed by atoms with E-state index in [9.17, 15) is 14.7 Å². The van der Waals surface area contributed by atoms with Gasteiger partial charge in [0.15, 0.2) is 0 Å². The van der Waals surface area contributed by atoms with Gasteiger partial charge in [-0.2, -0.15) is 0 Å². The summed E-state index contributed by atoms with van der Waals surface area (Å²) in [5.41, 5.74) is 6.90. The van der Waals surface area contributed by atoms with Gasteiger partial charge in [-0.25, -0.2) is 4.79 Å². The van der Waals surface area contributed by atoms with Gasteiger partial charge in [0.25, 0.3) is 5.91 Å². The Hall–Kier alpha value is -4.32. The number of carbonyl (C=O) groups is 2. The van der Waals surface area contributed by atoms with Crippen molar-refractivity contribution >= 4 is 34.0 Å². The third-order valence-electron chi connectivity index (χ3n) is 4.63. The highest BCUT2D eigenvalue weighted by Crippen LogP contribution is 2.30. The fourth-order valence-corrected chi connectivity index (χ4v) is 3.11. The molecule has 4 aromatic rings. The van der Waals surface area contributed by atoms with Crippen LogP contribution in [0.3, 0.4) is 0 Å². The van der Waals surface area contributed by atoms with Crippen molar-refractivity contribution in [1.82, 2.24) is 0 Å². The second kappa shape index (κ2) is 7.97. The maximum Gasteiger partial charge on any atom is 0.337 e. The number of carbonyl (C=O) groups excluding carboxylic acids is 1. The quantitative estimate of drug-likeness (QED) is 0.403. The van der Waals surface area contributed by atoms with Crippen LogP contribution in [-0.4, -0.2) is 17.0 Å². The van der Waals surface area contributed by atoms with Gasteiger partial charge in [0, 0.05) is 5.56 Å². The van der Waals surface area contributed by atoms with Gasteiger partial charge < -0.3 is 20.9 Å². The third kappa shape index (κ3) is 3.93. The number of hydrogen-bond donors (Lipinski definition) is 3. The van der Waals surface area contributed by atoms with Gasteiger partial charge in [0.05, 0.1) is 16.9 Å². The molecular weight excluding hydrogens is 380 g/mol. The van der Waals surface area contributed by atoms with Gasteiger partial charge in [-0.1, -0.05) is 42.5 Å². The highest BCUT2D eigenvalue weighted by atomic mass is 16.5. The zero-order valence-electron chi connectivity index (χ0n) is 15.8. The first-order chi connectivity index (χ1) is 14.5. The van der Waals surface area contributed by atoms with Crippen molar-refractivity contribution in [3.05, 3.63) is 96.1 Å². The van der Waals surface area contributed by atoms with E-state index in [1.54, 1.807) is 24.3 Å². The lowest BCUT2D eigenvalue weighted by Gasteiger charge is -2.12. The Morgan fingerprint density at radius 1 is 0.833 bits per heavy atom. The van der Waals surface area contributed by atoms with E-state index in [1.807, 2.05) is 42.5 Å². The second-order valence-electron chi connectivity index (χ2n) is 6.67. The Morgan fingerprint density at radius 2 is 1.57 bits per heavy atom. The number of nitrogens with two attached hydrogens (primary N) is 1. The molecule has 0 saturated heterocycles. The van der Waals surface area contributed by atoms with Crippen LogP contribution in [0.2, 0.25) is 0 Å². The van der Waals surface area contributed by atoms with Gasteiger partial charge in [0.2, 0.25) is 0 Å². The van der Waals surface area contributed by atoms with Crippen molar-refractivity contribution in [3.63, 3.8) is 0 Å². The van der Waals surface area contributed by atoms with Crippen molar-refractivity contribution in [2.45, 2.75) is 0 Å². The first-order valence-corrected chi connectivity index (χ1v) is 9.21. The lowest BCUT2D eigenvalue weighted by atomic mass is 10.1. The van der Waals surface area contributed by atoms with Crippen molar-refractivity contribution < 1.29 is 19.4 Å². The zero-order valence-corrected chi connectivity index (χ0v) is 15.8. The molecule has 6 nitrogen and oxygen atoms in total. The van der Waals surface area contributed by atoms with E-state index in [0.29, 0.717) is 22.7 Å². The predicted molar refractivity (Wildman–Crippen MR) is 116 cm³/mol. The number of nitrogens with one attached hydrogen (secondary N) is 1. The lowest BCUT2D eigenvalue weighted by Crippen LogP contribution is -2.15. The molecule has 0 fully saturated rings. The van der Waals surface area contributed by atoms with E-state index < -0.39 is 11.9 Å². The SMILES string of the molecule is Nc1cc(C(=O)Nc2ccccc2C(=O)O)ccc1Oc1ccc2ccccc2c1. The Kier molecular flexibility index (Phi) is 5.05. The number of fused-ring (bicyclic) bond motifs is 1. The van der Waals surface area contributed by atoms with Crippen LogP contribution < -0.4 is 15.8 Å². The standard InChI is InChI=1S/C24H18N2O4/c25-20-14-17(23(27)26-21-8-4-3-7-19(21)24(28)29)10-12-22(20)30-18-11-9-15-5-1-2-6-16(15)13-18/h1-14H,25H2,(H,26,27)(H,28,29). The van der Waals surface area contributed by atoms with Crippen LogP contribution in [0, 0.1) is 0 Å². The van der Waals surface area contributed by atoms with Crippen molar-refractivity contribution in [2.75, 3.05) is 11.1 Å². The fraction of sp³-hybridized carbons (Fsp3) is 0. The highest BCUT2D eigenvalue weighted by Gasteiger charge is 2.14. The van der Waals surface area contributed by atoms with Crippen molar-refractivity contribution in [3.8, 4) is 11.5 Å². The number of ether oxygens (including phenoxy) is 1. The number of aromatic carboxylic acids is 1. The average molecular weight is 398 g/mol. The summed E-state index contributed by atoms with van der Waals surface area (Å²) in [6.07, 6.45) is 0. The van der Waals surface area contributed by atoms with Crippen LogP contribution in [-0.2, 0) is 0 Å². The number of rotatable bonds is 5. The molecule has 0 saturated carbocycles. The fourth-order valence-electron chi connectivity index (χ4n) is 3.11. The molecule has 0 heterocycles.